The highest BCUT2D eigenvalue weighted by atomic mass is 35.5. The topological polar surface area (TPSA) is 50.7 Å². The van der Waals surface area contributed by atoms with Crippen molar-refractivity contribution in [1.82, 2.24) is 5.43 Å². The molecule has 110 valence electrons. The van der Waals surface area contributed by atoms with Crippen LogP contribution in [0.15, 0.2) is 23.3 Å². The van der Waals surface area contributed by atoms with Gasteiger partial charge in [-0.3, -0.25) is 4.79 Å². The molecule has 0 unspecified atom stereocenters. The molecule has 0 aliphatic heterocycles. The van der Waals surface area contributed by atoms with E-state index in [1.807, 2.05) is 13.8 Å². The number of carbonyl (C=O) groups is 1. The van der Waals surface area contributed by atoms with Gasteiger partial charge in [0.25, 0.3) is 5.91 Å². The zero-order chi connectivity index (χ0) is 15.1. The van der Waals surface area contributed by atoms with Crippen molar-refractivity contribution in [1.29, 1.82) is 0 Å². The molecule has 0 spiro atoms. The standard InChI is InChI=1S/C15H21ClN2O2/c1-5-10(2)12(4)17-18-15(19)9-20-14-7-6-13(16)8-11(14)3/h6-8,10H,5,9H2,1-4H3,(H,18,19)/b17-12-/t10-/m0/s1. The molecule has 1 aromatic carbocycles. The highest BCUT2D eigenvalue weighted by Gasteiger charge is 2.06. The molecular formula is C15H21ClN2O2. The van der Waals surface area contributed by atoms with E-state index in [1.165, 1.54) is 0 Å². The third-order valence-corrected chi connectivity index (χ3v) is 3.41. The number of halogens is 1. The third-order valence-electron chi connectivity index (χ3n) is 3.18. The fourth-order valence-electron chi connectivity index (χ4n) is 1.51. The summed E-state index contributed by atoms with van der Waals surface area (Å²) in [6.45, 7) is 7.86. The largest absolute Gasteiger partial charge is 0.483 e. The van der Waals surface area contributed by atoms with E-state index in [2.05, 4.69) is 24.4 Å². The van der Waals surface area contributed by atoms with Crippen LogP contribution < -0.4 is 10.2 Å². The minimum absolute atomic E-state index is 0.0697. The number of hydrogen-bond acceptors (Lipinski definition) is 3. The zero-order valence-electron chi connectivity index (χ0n) is 12.4. The van der Waals surface area contributed by atoms with Gasteiger partial charge in [-0.1, -0.05) is 25.4 Å². The van der Waals surface area contributed by atoms with Crippen LogP contribution in [-0.2, 0) is 4.79 Å². The second-order valence-corrected chi connectivity index (χ2v) is 5.23. The number of aryl methyl sites for hydroxylation is 1. The summed E-state index contributed by atoms with van der Waals surface area (Å²) in [5, 5.41) is 4.71. The van der Waals surface area contributed by atoms with Crippen LogP contribution in [0.5, 0.6) is 5.75 Å². The molecule has 0 aliphatic carbocycles. The lowest BCUT2D eigenvalue weighted by molar-refractivity contribution is -0.123. The lowest BCUT2D eigenvalue weighted by atomic mass is 10.1. The van der Waals surface area contributed by atoms with E-state index < -0.39 is 0 Å². The van der Waals surface area contributed by atoms with Crippen LogP contribution in [0.2, 0.25) is 5.02 Å². The SMILES string of the molecule is CC[C@H](C)/C(C)=N\NC(=O)COc1ccc(Cl)cc1C. The zero-order valence-corrected chi connectivity index (χ0v) is 13.1. The van der Waals surface area contributed by atoms with Crippen LogP contribution in [0.3, 0.4) is 0 Å². The first kappa shape index (κ1) is 16.5. The number of carbonyl (C=O) groups excluding carboxylic acids is 1. The minimum Gasteiger partial charge on any atom is -0.483 e. The van der Waals surface area contributed by atoms with Gasteiger partial charge in [0.05, 0.1) is 0 Å². The first-order chi connectivity index (χ1) is 9.43. The molecule has 0 radical (unpaired) electrons. The number of nitrogens with zero attached hydrogens (tertiary/aromatic N) is 1. The predicted molar refractivity (Wildman–Crippen MR) is 82.4 cm³/mol. The van der Waals surface area contributed by atoms with Crippen molar-refractivity contribution < 1.29 is 9.53 Å². The average molecular weight is 297 g/mol. The lowest BCUT2D eigenvalue weighted by Crippen LogP contribution is -2.26. The number of benzene rings is 1. The molecule has 0 aromatic heterocycles. The van der Waals surface area contributed by atoms with E-state index >= 15 is 0 Å². The Labute approximate surface area is 125 Å². The number of hydrogen-bond donors (Lipinski definition) is 1. The third kappa shape index (κ3) is 5.21. The Morgan fingerprint density at radius 2 is 2.20 bits per heavy atom. The van der Waals surface area contributed by atoms with Crippen LogP contribution in [0.4, 0.5) is 0 Å². The molecule has 1 rings (SSSR count). The van der Waals surface area contributed by atoms with Crippen LogP contribution in [-0.4, -0.2) is 18.2 Å². The van der Waals surface area contributed by atoms with E-state index in [4.69, 9.17) is 16.3 Å². The first-order valence-electron chi connectivity index (χ1n) is 6.66. The maximum Gasteiger partial charge on any atom is 0.277 e. The Morgan fingerprint density at radius 1 is 1.50 bits per heavy atom. The molecule has 1 atom stereocenters. The number of ether oxygens (including phenoxy) is 1. The number of rotatable bonds is 6. The van der Waals surface area contributed by atoms with Crippen LogP contribution in [0.25, 0.3) is 0 Å². The average Bonchev–Trinajstić information content (AvgIpc) is 2.42. The molecule has 0 bridgehead atoms. The monoisotopic (exact) mass is 296 g/mol. The maximum atomic E-state index is 11.6. The molecule has 0 saturated carbocycles. The van der Waals surface area contributed by atoms with Gasteiger partial charge in [-0.05, 0) is 49.9 Å². The summed E-state index contributed by atoms with van der Waals surface area (Å²) in [4.78, 5) is 11.6. The highest BCUT2D eigenvalue weighted by molar-refractivity contribution is 6.30. The van der Waals surface area contributed by atoms with E-state index in [0.717, 1.165) is 17.7 Å². The van der Waals surface area contributed by atoms with E-state index in [0.29, 0.717) is 16.7 Å². The van der Waals surface area contributed by atoms with Gasteiger partial charge >= 0.3 is 0 Å². The number of nitrogens with one attached hydrogen (secondary N) is 1. The molecule has 0 saturated heterocycles. The fourth-order valence-corrected chi connectivity index (χ4v) is 1.73. The minimum atomic E-state index is -0.276. The lowest BCUT2D eigenvalue weighted by Gasteiger charge is -2.10. The molecule has 1 amide bonds. The maximum absolute atomic E-state index is 11.6. The van der Waals surface area contributed by atoms with Crippen LogP contribution in [0, 0.1) is 12.8 Å². The predicted octanol–water partition coefficient (Wildman–Crippen LogP) is 3.57. The summed E-state index contributed by atoms with van der Waals surface area (Å²) in [5.74, 6) is 0.726. The van der Waals surface area contributed by atoms with Gasteiger partial charge in [-0.2, -0.15) is 5.10 Å². The molecule has 0 heterocycles. The van der Waals surface area contributed by atoms with Crippen molar-refractivity contribution in [3.05, 3.63) is 28.8 Å². The highest BCUT2D eigenvalue weighted by Crippen LogP contribution is 2.21. The Morgan fingerprint density at radius 3 is 2.80 bits per heavy atom. The number of hydrazone groups is 1. The van der Waals surface area contributed by atoms with Gasteiger partial charge in [-0.25, -0.2) is 5.43 Å². The number of amides is 1. The van der Waals surface area contributed by atoms with Crippen LogP contribution in [0.1, 0.15) is 32.8 Å². The molecule has 1 N–H and O–H groups in total. The molecule has 20 heavy (non-hydrogen) atoms. The van der Waals surface area contributed by atoms with Crippen molar-refractivity contribution in [2.45, 2.75) is 34.1 Å². The van der Waals surface area contributed by atoms with Gasteiger partial charge in [-0.15, -0.1) is 0 Å². The summed E-state index contributed by atoms with van der Waals surface area (Å²) in [5.41, 5.74) is 4.30. The Bertz CT molecular complexity index is 501. The fraction of sp³-hybridized carbons (Fsp3) is 0.467. The van der Waals surface area contributed by atoms with Gasteiger partial charge in [0.2, 0.25) is 0 Å². The Balaban J connectivity index is 2.48. The summed E-state index contributed by atoms with van der Waals surface area (Å²) < 4.78 is 5.43. The summed E-state index contributed by atoms with van der Waals surface area (Å²) in [7, 11) is 0. The van der Waals surface area contributed by atoms with Gasteiger partial charge in [0.1, 0.15) is 5.75 Å². The van der Waals surface area contributed by atoms with Gasteiger partial charge in [0, 0.05) is 10.7 Å². The van der Waals surface area contributed by atoms with Crippen molar-refractivity contribution >= 4 is 23.2 Å². The second-order valence-electron chi connectivity index (χ2n) is 4.80. The second kappa shape index (κ2) is 7.90. The van der Waals surface area contributed by atoms with Crippen molar-refractivity contribution in [3.63, 3.8) is 0 Å². The Kier molecular flexibility index (Phi) is 6.52. The van der Waals surface area contributed by atoms with E-state index in [-0.39, 0.29) is 12.5 Å². The molecule has 0 aliphatic rings. The first-order valence-corrected chi connectivity index (χ1v) is 7.03. The van der Waals surface area contributed by atoms with Crippen LogP contribution >= 0.6 is 11.6 Å². The van der Waals surface area contributed by atoms with Crippen molar-refractivity contribution in [2.24, 2.45) is 11.0 Å². The summed E-state index contributed by atoms with van der Waals surface area (Å²) >= 11 is 5.85. The quantitative estimate of drug-likeness (QED) is 0.644. The summed E-state index contributed by atoms with van der Waals surface area (Å²) in [6, 6.07) is 5.27. The molecule has 4 nitrogen and oxygen atoms in total. The normalized spacial score (nSPS) is 12.9. The summed E-state index contributed by atoms with van der Waals surface area (Å²) in [6.07, 6.45) is 0.992. The molecular weight excluding hydrogens is 276 g/mol. The Hall–Kier alpha value is -1.55. The van der Waals surface area contributed by atoms with E-state index in [1.54, 1.807) is 18.2 Å². The molecule has 0 fully saturated rings. The molecule has 1 aromatic rings. The van der Waals surface area contributed by atoms with Crippen molar-refractivity contribution in [3.8, 4) is 5.75 Å². The van der Waals surface area contributed by atoms with Gasteiger partial charge in [0.15, 0.2) is 6.61 Å². The van der Waals surface area contributed by atoms with Gasteiger partial charge < -0.3 is 4.74 Å². The molecule has 5 heteroatoms. The van der Waals surface area contributed by atoms with E-state index in [9.17, 15) is 4.79 Å². The van der Waals surface area contributed by atoms with Crippen molar-refractivity contribution in [2.75, 3.05) is 6.61 Å². The smallest absolute Gasteiger partial charge is 0.277 e.